The monoisotopic (exact) mass is 490 g/mol. The van der Waals surface area contributed by atoms with E-state index in [1.165, 1.54) is 35.6 Å². The van der Waals surface area contributed by atoms with Gasteiger partial charge in [-0.05, 0) is 24.3 Å². The van der Waals surface area contributed by atoms with Crippen molar-refractivity contribution in [3.05, 3.63) is 105 Å². The number of thiazole rings is 1. The van der Waals surface area contributed by atoms with Crippen molar-refractivity contribution in [3.8, 4) is 11.3 Å². The summed E-state index contributed by atoms with van der Waals surface area (Å²) < 4.78 is 0.948. The number of aromatic nitrogens is 1. The number of halogens is 1. The molecule has 0 radical (unpaired) electrons. The molecule has 0 saturated heterocycles. The smallest absolute Gasteiger partial charge is 0.257 e. The van der Waals surface area contributed by atoms with Gasteiger partial charge in [-0.15, -0.1) is 11.3 Å². The highest BCUT2D eigenvalue weighted by Gasteiger charge is 2.18. The van der Waals surface area contributed by atoms with Gasteiger partial charge in [0.05, 0.1) is 5.69 Å². The molecule has 1 N–H and O–H groups in total. The van der Waals surface area contributed by atoms with Crippen LogP contribution in [0, 0.1) is 0 Å². The predicted octanol–water partition coefficient (Wildman–Crippen LogP) is 5.89. The van der Waals surface area contributed by atoms with E-state index in [-0.39, 0.29) is 11.5 Å². The zero-order valence-corrected chi connectivity index (χ0v) is 18.4. The molecule has 0 aliphatic rings. The van der Waals surface area contributed by atoms with E-state index in [1.807, 2.05) is 29.6 Å². The Balaban J connectivity index is 1.44. The Labute approximate surface area is 190 Å². The molecule has 7 heteroatoms. The summed E-state index contributed by atoms with van der Waals surface area (Å²) in [7, 11) is 0. The van der Waals surface area contributed by atoms with Crippen LogP contribution in [-0.2, 0) is 0 Å². The minimum absolute atomic E-state index is 0.233. The Hall–Kier alpha value is -3.42. The SMILES string of the molecule is O=C(Nc1nc(-c2cccc(Br)c2)cs1)c1ccc(C(=O)C(=O)c2ccccc2)cc1. The van der Waals surface area contributed by atoms with Crippen molar-refractivity contribution in [3.63, 3.8) is 0 Å². The van der Waals surface area contributed by atoms with Gasteiger partial charge in [-0.1, -0.05) is 70.5 Å². The molecule has 0 aliphatic heterocycles. The molecular formula is C24H15BrN2O3S. The second-order valence-electron chi connectivity index (χ2n) is 6.60. The fraction of sp³-hybridized carbons (Fsp3) is 0. The van der Waals surface area contributed by atoms with Gasteiger partial charge >= 0.3 is 0 Å². The highest BCUT2D eigenvalue weighted by atomic mass is 79.9. The van der Waals surface area contributed by atoms with E-state index in [9.17, 15) is 14.4 Å². The Morgan fingerprint density at radius 1 is 0.774 bits per heavy atom. The number of amides is 1. The summed E-state index contributed by atoms with van der Waals surface area (Å²) in [4.78, 5) is 41.7. The van der Waals surface area contributed by atoms with Crippen LogP contribution in [0.25, 0.3) is 11.3 Å². The lowest BCUT2D eigenvalue weighted by Crippen LogP contribution is -2.15. The molecule has 0 fully saturated rings. The quantitative estimate of drug-likeness (QED) is 0.270. The Kier molecular flexibility index (Phi) is 6.16. The standard InChI is InChI=1S/C24H15BrN2O3S/c25-19-8-4-7-18(13-19)20-14-31-24(26-20)27-23(30)17-11-9-16(10-12-17)22(29)21(28)15-5-2-1-3-6-15/h1-14H,(H,26,27,30). The van der Waals surface area contributed by atoms with Gasteiger partial charge in [-0.25, -0.2) is 4.98 Å². The lowest BCUT2D eigenvalue weighted by atomic mass is 10.0. The van der Waals surface area contributed by atoms with Crippen molar-refractivity contribution in [1.29, 1.82) is 0 Å². The van der Waals surface area contributed by atoms with Crippen molar-refractivity contribution in [1.82, 2.24) is 4.98 Å². The van der Waals surface area contributed by atoms with E-state index in [4.69, 9.17) is 0 Å². The summed E-state index contributed by atoms with van der Waals surface area (Å²) in [6, 6.07) is 22.1. The van der Waals surface area contributed by atoms with E-state index in [2.05, 4.69) is 26.2 Å². The van der Waals surface area contributed by atoms with Crippen LogP contribution in [0.1, 0.15) is 31.1 Å². The first-order valence-corrected chi connectivity index (χ1v) is 11.0. The van der Waals surface area contributed by atoms with Gasteiger partial charge < -0.3 is 0 Å². The van der Waals surface area contributed by atoms with Crippen LogP contribution < -0.4 is 5.32 Å². The van der Waals surface area contributed by atoms with Gasteiger partial charge in [-0.2, -0.15) is 0 Å². The minimum Gasteiger partial charge on any atom is -0.298 e. The molecule has 0 spiro atoms. The zero-order valence-electron chi connectivity index (χ0n) is 16.0. The maximum Gasteiger partial charge on any atom is 0.257 e. The molecule has 3 aromatic carbocycles. The van der Waals surface area contributed by atoms with Crippen LogP contribution in [0.5, 0.6) is 0 Å². The van der Waals surface area contributed by atoms with Crippen molar-refractivity contribution >= 4 is 49.9 Å². The lowest BCUT2D eigenvalue weighted by molar-refractivity contribution is 0.0817. The maximum absolute atomic E-state index is 12.5. The molecular weight excluding hydrogens is 476 g/mol. The number of nitrogens with zero attached hydrogens (tertiary/aromatic N) is 1. The van der Waals surface area contributed by atoms with Crippen LogP contribution in [0.2, 0.25) is 0 Å². The number of rotatable bonds is 6. The van der Waals surface area contributed by atoms with Crippen LogP contribution in [-0.4, -0.2) is 22.5 Å². The maximum atomic E-state index is 12.5. The number of carbonyl (C=O) groups is 3. The van der Waals surface area contributed by atoms with Gasteiger partial charge in [0.25, 0.3) is 5.91 Å². The molecule has 0 aliphatic carbocycles. The molecule has 152 valence electrons. The van der Waals surface area contributed by atoms with E-state index in [0.717, 1.165) is 15.7 Å². The Morgan fingerprint density at radius 2 is 1.42 bits per heavy atom. The first-order valence-electron chi connectivity index (χ1n) is 9.28. The first kappa shape index (κ1) is 20.8. The molecule has 0 atom stereocenters. The predicted molar refractivity (Wildman–Crippen MR) is 125 cm³/mol. The molecule has 31 heavy (non-hydrogen) atoms. The van der Waals surface area contributed by atoms with Crippen LogP contribution in [0.4, 0.5) is 5.13 Å². The van der Waals surface area contributed by atoms with E-state index in [0.29, 0.717) is 16.3 Å². The second-order valence-corrected chi connectivity index (χ2v) is 8.38. The molecule has 1 amide bonds. The normalized spacial score (nSPS) is 10.5. The largest absolute Gasteiger partial charge is 0.298 e. The highest BCUT2D eigenvalue weighted by molar-refractivity contribution is 9.10. The van der Waals surface area contributed by atoms with Gasteiger partial charge in [0.15, 0.2) is 5.13 Å². The van der Waals surface area contributed by atoms with Crippen molar-refractivity contribution in [2.24, 2.45) is 0 Å². The summed E-state index contributed by atoms with van der Waals surface area (Å²) in [5.74, 6) is -1.54. The van der Waals surface area contributed by atoms with Crippen molar-refractivity contribution in [2.45, 2.75) is 0 Å². The van der Waals surface area contributed by atoms with Crippen molar-refractivity contribution in [2.75, 3.05) is 5.32 Å². The summed E-state index contributed by atoms with van der Waals surface area (Å²) >= 11 is 4.76. The molecule has 0 saturated carbocycles. The third kappa shape index (κ3) is 4.84. The summed E-state index contributed by atoms with van der Waals surface area (Å²) in [5.41, 5.74) is 2.64. The number of anilines is 1. The summed E-state index contributed by atoms with van der Waals surface area (Å²) in [6.07, 6.45) is 0. The van der Waals surface area contributed by atoms with Crippen molar-refractivity contribution < 1.29 is 14.4 Å². The molecule has 1 aromatic heterocycles. The molecule has 0 unspecified atom stereocenters. The van der Waals surface area contributed by atoms with Gasteiger partial charge in [0.1, 0.15) is 0 Å². The number of ketones is 2. The second kappa shape index (κ2) is 9.16. The van der Waals surface area contributed by atoms with E-state index >= 15 is 0 Å². The highest BCUT2D eigenvalue weighted by Crippen LogP contribution is 2.27. The fourth-order valence-electron chi connectivity index (χ4n) is 2.91. The Bertz CT molecular complexity index is 1270. The summed E-state index contributed by atoms with van der Waals surface area (Å²) in [5, 5.41) is 5.11. The van der Waals surface area contributed by atoms with Crippen LogP contribution in [0.15, 0.2) is 88.7 Å². The third-order valence-electron chi connectivity index (χ3n) is 4.50. The van der Waals surface area contributed by atoms with E-state index < -0.39 is 11.6 Å². The fourth-order valence-corrected chi connectivity index (χ4v) is 4.02. The molecule has 4 aromatic rings. The average Bonchev–Trinajstić information content (AvgIpc) is 3.27. The number of hydrogen-bond donors (Lipinski definition) is 1. The third-order valence-corrected chi connectivity index (χ3v) is 5.75. The topological polar surface area (TPSA) is 76.1 Å². The number of benzene rings is 3. The van der Waals surface area contributed by atoms with Gasteiger partial charge in [0, 0.05) is 32.1 Å². The van der Waals surface area contributed by atoms with Crippen LogP contribution in [0.3, 0.4) is 0 Å². The minimum atomic E-state index is -0.614. The number of carbonyl (C=O) groups excluding carboxylic acids is 3. The van der Waals surface area contributed by atoms with Gasteiger partial charge in [-0.3, -0.25) is 19.7 Å². The molecule has 5 nitrogen and oxygen atoms in total. The molecule has 1 heterocycles. The number of hydrogen-bond acceptors (Lipinski definition) is 5. The van der Waals surface area contributed by atoms with Gasteiger partial charge in [0.2, 0.25) is 11.6 Å². The first-order chi connectivity index (χ1) is 15.0. The number of Topliss-reactive ketones (excluding diaryl/α,β-unsaturated/α-hetero) is 2. The molecule has 4 rings (SSSR count). The Morgan fingerprint density at radius 3 is 2.10 bits per heavy atom. The van der Waals surface area contributed by atoms with Crippen LogP contribution >= 0.6 is 27.3 Å². The summed E-state index contributed by atoms with van der Waals surface area (Å²) in [6.45, 7) is 0. The number of nitrogens with one attached hydrogen (secondary N) is 1. The molecule has 0 bridgehead atoms. The van der Waals surface area contributed by atoms with E-state index in [1.54, 1.807) is 30.3 Å². The zero-order chi connectivity index (χ0) is 21.8. The average molecular weight is 491 g/mol. The lowest BCUT2D eigenvalue weighted by Gasteiger charge is -2.04.